The number of ether oxygens (including phenoxy) is 4. The fourth-order valence-electron chi connectivity index (χ4n) is 8.17. The number of nitrogens with zero attached hydrogens (tertiary/aromatic N) is 3. The number of phenolic OH excluding ortho intramolecular Hbond substituents is 2. The smallest absolute Gasteiger partial charge is 0.312 e. The number of rotatable bonds is 4. The number of aliphatic hydroxyl groups excluding tert-OH is 2. The fraction of sp³-hybridized carbons (Fsp3) is 0.556. The van der Waals surface area contributed by atoms with Crippen molar-refractivity contribution < 1.29 is 59.2 Å². The molecule has 0 aliphatic carbocycles. The molecule has 338 valence electrons. The summed E-state index contributed by atoms with van der Waals surface area (Å²) in [7, 11) is 3.49. The Morgan fingerprint density at radius 2 is 1.59 bits per heavy atom. The molecule has 1 saturated heterocycles. The number of hydrazone groups is 1. The largest absolute Gasteiger partial charge is 0.507 e. The van der Waals surface area contributed by atoms with E-state index in [1.54, 1.807) is 72.8 Å². The number of methoxy groups -OCH3 is 1. The van der Waals surface area contributed by atoms with Gasteiger partial charge in [0.15, 0.2) is 5.75 Å². The standard InChI is InChI=1S/C44H60N4O11.CH4.H2O/c1-22-13-12-14-23(2)43(55)46-35-30(21-45-48-18-16-47(10)17-19-48)24(3)32-33(39(35)53)38(52)28(7)41-34(32)42(54)44(9,59-41)57-20-15-31(56-11)25(4)40(58-29(8)49)27(6)37(51)26(5)36(22)50;;/h12-15,20-22,25-27,31,36-37,40,50-53H,16-19H2,1-11H3,(H,46,55);1H4;1H2/b13-12+,20-15+,23-14-,45-21+;;/t22-,25+,26+,27+,31-,36-,37+,40+,44-;;/m0../s1. The van der Waals surface area contributed by atoms with Crippen molar-refractivity contribution in [3.8, 4) is 17.2 Å². The molecule has 2 aromatic carbocycles. The lowest BCUT2D eigenvalue weighted by molar-refractivity contribution is -0.160. The highest BCUT2D eigenvalue weighted by molar-refractivity contribution is 6.22. The third-order valence-corrected chi connectivity index (χ3v) is 12.2. The van der Waals surface area contributed by atoms with Crippen molar-refractivity contribution in [2.24, 2.45) is 28.8 Å². The van der Waals surface area contributed by atoms with Crippen LogP contribution in [0.1, 0.15) is 82.9 Å². The number of anilines is 1. The van der Waals surface area contributed by atoms with Crippen LogP contribution in [0.3, 0.4) is 0 Å². The number of nitrogens with one attached hydrogen (secondary N) is 1. The lowest BCUT2D eigenvalue weighted by Gasteiger charge is -2.38. The molecule has 16 heteroatoms. The summed E-state index contributed by atoms with van der Waals surface area (Å²) in [5, 5.41) is 56.2. The number of carbonyl (C=O) groups is 3. The summed E-state index contributed by atoms with van der Waals surface area (Å²) in [5.41, 5.74) is 1.22. The number of aliphatic hydroxyl groups is 2. The van der Waals surface area contributed by atoms with E-state index in [1.165, 1.54) is 33.4 Å². The molecule has 4 aliphatic rings. The second kappa shape index (κ2) is 20.2. The Hall–Kier alpha value is -5.00. The molecule has 0 radical (unpaired) electrons. The zero-order valence-corrected chi connectivity index (χ0v) is 36.4. The number of likely N-dealkylation sites (N-methyl/N-ethyl adjacent to an activating group) is 1. The Labute approximate surface area is 358 Å². The minimum atomic E-state index is -1.93. The molecule has 9 atom stereocenters. The van der Waals surface area contributed by atoms with Crippen LogP contribution in [0.2, 0.25) is 0 Å². The van der Waals surface area contributed by atoms with Gasteiger partial charge in [-0.2, -0.15) is 5.10 Å². The summed E-state index contributed by atoms with van der Waals surface area (Å²) in [6.07, 6.45) is 5.49. The number of aryl methyl sites for hydroxylation is 1. The van der Waals surface area contributed by atoms with Crippen molar-refractivity contribution in [1.82, 2.24) is 9.91 Å². The van der Waals surface area contributed by atoms with E-state index in [1.807, 2.05) is 12.1 Å². The van der Waals surface area contributed by atoms with Gasteiger partial charge >= 0.3 is 11.8 Å². The van der Waals surface area contributed by atoms with E-state index in [2.05, 4.69) is 10.2 Å². The summed E-state index contributed by atoms with van der Waals surface area (Å²) in [5.74, 6) is -6.78. The number of aromatic hydroxyl groups is 2. The Morgan fingerprint density at radius 1 is 0.951 bits per heavy atom. The molecule has 7 N–H and O–H groups in total. The van der Waals surface area contributed by atoms with Crippen molar-refractivity contribution in [3.05, 3.63) is 58.4 Å². The molecule has 2 aromatic rings. The van der Waals surface area contributed by atoms with Gasteiger partial charge in [0.25, 0.3) is 11.7 Å². The van der Waals surface area contributed by atoms with Gasteiger partial charge in [0.05, 0.1) is 47.4 Å². The van der Waals surface area contributed by atoms with Gasteiger partial charge in [-0.1, -0.05) is 53.3 Å². The van der Waals surface area contributed by atoms with Gasteiger partial charge in [0.2, 0.25) is 0 Å². The molecular formula is C45H66N4O12. The highest BCUT2D eigenvalue weighted by Gasteiger charge is 2.49. The number of allylic oxidation sites excluding steroid dienone is 2. The van der Waals surface area contributed by atoms with Gasteiger partial charge in [-0.25, -0.2) is 0 Å². The molecule has 0 saturated carbocycles. The van der Waals surface area contributed by atoms with Gasteiger partial charge in [-0.3, -0.25) is 19.4 Å². The van der Waals surface area contributed by atoms with E-state index in [4.69, 9.17) is 24.0 Å². The molecule has 0 unspecified atom stereocenters. The number of amides is 1. The number of Topliss-reactive ketones (excluding diaryl/α,β-unsaturated/α-hetero) is 1. The number of hydrogen-bond acceptors (Lipinski definition) is 14. The normalized spacial score (nSPS) is 31.0. The number of piperazine rings is 1. The first-order valence-electron chi connectivity index (χ1n) is 20.1. The number of phenols is 2. The molecule has 5 bridgehead atoms. The van der Waals surface area contributed by atoms with E-state index in [-0.39, 0.29) is 57.6 Å². The van der Waals surface area contributed by atoms with Gasteiger partial charge in [-0.05, 0) is 39.5 Å². The number of benzene rings is 2. The van der Waals surface area contributed by atoms with Crippen LogP contribution < -0.4 is 10.1 Å². The summed E-state index contributed by atoms with van der Waals surface area (Å²) >= 11 is 0. The van der Waals surface area contributed by atoms with Crippen molar-refractivity contribution in [1.29, 1.82) is 0 Å². The Morgan fingerprint density at radius 3 is 2.20 bits per heavy atom. The average molecular weight is 855 g/mol. The summed E-state index contributed by atoms with van der Waals surface area (Å²) in [6.45, 7) is 17.4. The third-order valence-electron chi connectivity index (χ3n) is 12.2. The first kappa shape index (κ1) is 50.4. The van der Waals surface area contributed by atoms with Crippen molar-refractivity contribution in [2.45, 2.75) is 99.9 Å². The van der Waals surface area contributed by atoms with E-state index >= 15 is 0 Å². The summed E-state index contributed by atoms with van der Waals surface area (Å²) < 4.78 is 23.8. The minimum absolute atomic E-state index is 0. The van der Waals surface area contributed by atoms with E-state index in [0.29, 0.717) is 24.2 Å². The predicted octanol–water partition coefficient (Wildman–Crippen LogP) is 4.75. The Kier molecular flexibility index (Phi) is 16.7. The highest BCUT2D eigenvalue weighted by Crippen LogP contribution is 2.53. The van der Waals surface area contributed by atoms with Crippen LogP contribution in [-0.2, 0) is 23.8 Å². The molecule has 0 aromatic heterocycles. The maximum Gasteiger partial charge on any atom is 0.312 e. The van der Waals surface area contributed by atoms with Crippen LogP contribution >= 0.6 is 0 Å². The molecular weight excluding hydrogens is 789 g/mol. The van der Waals surface area contributed by atoms with Crippen molar-refractivity contribution >= 4 is 40.3 Å². The summed E-state index contributed by atoms with van der Waals surface area (Å²) in [6, 6.07) is 0. The van der Waals surface area contributed by atoms with Crippen LogP contribution in [0.15, 0.2) is 41.2 Å². The monoisotopic (exact) mass is 854 g/mol. The average Bonchev–Trinajstić information content (AvgIpc) is 3.46. The number of ketones is 1. The number of hydrogen-bond donors (Lipinski definition) is 5. The van der Waals surface area contributed by atoms with Crippen LogP contribution in [-0.4, -0.2) is 130 Å². The Balaban J connectivity index is 0.00000496. The first-order valence-corrected chi connectivity index (χ1v) is 20.1. The van der Waals surface area contributed by atoms with Gasteiger partial charge in [0.1, 0.15) is 17.6 Å². The van der Waals surface area contributed by atoms with Gasteiger partial charge < -0.3 is 55.1 Å². The Bertz CT molecular complexity index is 2070. The zero-order valence-electron chi connectivity index (χ0n) is 36.4. The van der Waals surface area contributed by atoms with Crippen molar-refractivity contribution in [3.63, 3.8) is 0 Å². The van der Waals surface area contributed by atoms with Crippen LogP contribution in [0.4, 0.5) is 5.69 Å². The predicted molar refractivity (Wildman–Crippen MR) is 234 cm³/mol. The van der Waals surface area contributed by atoms with E-state index in [9.17, 15) is 34.8 Å². The molecule has 61 heavy (non-hydrogen) atoms. The second-order valence-electron chi connectivity index (χ2n) is 16.4. The molecule has 4 aliphatic heterocycles. The number of carbonyl (C=O) groups excluding carboxylic acids is 3. The minimum Gasteiger partial charge on any atom is -0.507 e. The molecule has 1 fully saturated rings. The van der Waals surface area contributed by atoms with E-state index in [0.717, 1.165) is 13.1 Å². The topological polar surface area (TPSA) is 231 Å². The highest BCUT2D eigenvalue weighted by atomic mass is 16.7. The number of fused-ring (bicyclic) bond motifs is 14. The zero-order chi connectivity index (χ0) is 43.7. The molecule has 1 amide bonds. The van der Waals surface area contributed by atoms with Gasteiger partial charge in [0, 0.05) is 92.9 Å². The SMILES string of the molecule is C.CO[C@H]1/C=C/O[C@@]2(C)Oc3c(C)c(O)c4c(O)c(c(/C=N/N5CCN(C)CC5)c(C)c4c3C2=O)NC(=O)/C(C)=C\C=C\[C@H](C)[C@H](O)[C@@H](C)[C@@H](O)[C@@H](C)[C@H](OC(C)=O)[C@@H]1C.O. The lowest BCUT2D eigenvalue weighted by atomic mass is 9.78. The molecule has 0 spiro atoms. The first-order chi connectivity index (χ1) is 27.7. The second-order valence-corrected chi connectivity index (χ2v) is 16.4. The van der Waals surface area contributed by atoms with Crippen LogP contribution in [0, 0.1) is 37.5 Å². The fourth-order valence-corrected chi connectivity index (χ4v) is 8.17. The lowest BCUT2D eigenvalue weighted by Crippen LogP contribution is -2.46. The quantitative estimate of drug-likeness (QED) is 0.159. The molecule has 4 heterocycles. The van der Waals surface area contributed by atoms with E-state index < -0.39 is 77.3 Å². The van der Waals surface area contributed by atoms with Crippen LogP contribution in [0.25, 0.3) is 10.8 Å². The maximum atomic E-state index is 14.5. The number of esters is 1. The third kappa shape index (κ3) is 10.0. The van der Waals surface area contributed by atoms with Gasteiger partial charge in [-0.15, -0.1) is 0 Å². The maximum absolute atomic E-state index is 14.5. The molecule has 6 rings (SSSR count). The molecule has 16 nitrogen and oxygen atoms in total. The van der Waals surface area contributed by atoms with Crippen LogP contribution in [0.5, 0.6) is 17.2 Å². The van der Waals surface area contributed by atoms with Crippen molar-refractivity contribution in [2.75, 3.05) is 45.7 Å². The summed E-state index contributed by atoms with van der Waals surface area (Å²) in [4.78, 5) is 42.9.